The Morgan fingerprint density at radius 3 is 2.07 bits per heavy atom. The quantitative estimate of drug-likeness (QED) is 0.761. The fourth-order valence-electron chi connectivity index (χ4n) is 1.21. The van der Waals surface area contributed by atoms with Gasteiger partial charge in [0, 0.05) is 11.2 Å². The lowest BCUT2D eigenvalue weighted by molar-refractivity contribution is 0.594. The molecule has 0 saturated carbocycles. The maximum Gasteiger partial charge on any atom is 0.239 e. The minimum Gasteiger partial charge on any atom is -0.247 e. The zero-order chi connectivity index (χ0) is 11.9. The molecule has 1 unspecified atom stereocenters. The molecule has 5 nitrogen and oxygen atoms in total. The van der Waals surface area contributed by atoms with Crippen LogP contribution in [-0.4, -0.2) is 12.6 Å². The molecule has 8 heteroatoms. The van der Waals surface area contributed by atoms with Crippen molar-refractivity contribution in [1.29, 1.82) is 0 Å². The van der Waals surface area contributed by atoms with Gasteiger partial charge in [0.2, 0.25) is 10.0 Å². The molecule has 0 bridgehead atoms. The number of sulfonamides is 1. The van der Waals surface area contributed by atoms with Crippen molar-refractivity contribution in [3.63, 3.8) is 0 Å². The number of hydrogen-bond donors (Lipinski definition) is 2. The maximum absolute atomic E-state index is 11.5. The molecule has 15 heavy (non-hydrogen) atoms. The molecular weight excluding hydrogens is 256 g/mol. The summed E-state index contributed by atoms with van der Waals surface area (Å²) in [5, 5.41) is 10.2. The summed E-state index contributed by atoms with van der Waals surface area (Å²) in [5.74, 6) is 0. The minimum absolute atomic E-state index is 0.111. The topological polar surface area (TPSA) is 103 Å². The van der Waals surface area contributed by atoms with E-state index in [9.17, 15) is 12.6 Å². The van der Waals surface area contributed by atoms with Crippen LogP contribution in [0.4, 0.5) is 0 Å². The highest BCUT2D eigenvalue weighted by Crippen LogP contribution is 2.22. The van der Waals surface area contributed by atoms with Crippen molar-refractivity contribution in [2.45, 2.75) is 16.7 Å². The van der Waals surface area contributed by atoms with Crippen LogP contribution in [0.15, 0.2) is 28.0 Å². The third kappa shape index (κ3) is 2.73. The summed E-state index contributed by atoms with van der Waals surface area (Å²) in [4.78, 5) is -0.354. The summed E-state index contributed by atoms with van der Waals surface area (Å²) >= 11 is 4.55. The van der Waals surface area contributed by atoms with E-state index < -0.39 is 18.7 Å². The molecule has 1 aromatic carbocycles. The van der Waals surface area contributed by atoms with Gasteiger partial charge in [-0.05, 0) is 18.6 Å². The Bertz CT molecular complexity index is 590. The van der Waals surface area contributed by atoms with Gasteiger partial charge in [0.25, 0.3) is 0 Å². The minimum atomic E-state index is -3.97. The van der Waals surface area contributed by atoms with Gasteiger partial charge in [0.1, 0.15) is 13.6 Å². The summed E-state index contributed by atoms with van der Waals surface area (Å²) in [6, 6.07) is 4.37. The number of hydrogen-bond acceptors (Lipinski definition) is 4. The van der Waals surface area contributed by atoms with Gasteiger partial charge >= 0.3 is 0 Å². The molecule has 0 saturated heterocycles. The Hall–Kier alpha value is -0.540. The first-order valence-corrected chi connectivity index (χ1v) is 7.88. The van der Waals surface area contributed by atoms with Gasteiger partial charge in [0.15, 0.2) is 0 Å². The average Bonchev–Trinajstić information content (AvgIpc) is 1.99. The number of aryl methyl sites for hydroxylation is 1. The van der Waals surface area contributed by atoms with Gasteiger partial charge in [-0.1, -0.05) is 12.1 Å². The van der Waals surface area contributed by atoms with E-state index in [1.54, 1.807) is 0 Å². The van der Waals surface area contributed by atoms with Crippen molar-refractivity contribution < 1.29 is 12.6 Å². The first-order chi connectivity index (χ1) is 6.64. The number of primary sulfonamides is 1. The van der Waals surface area contributed by atoms with Crippen molar-refractivity contribution in [3.05, 3.63) is 23.8 Å². The van der Waals surface area contributed by atoms with Gasteiger partial charge in [-0.25, -0.2) is 22.9 Å². The molecule has 4 N–H and O–H groups in total. The van der Waals surface area contributed by atoms with Gasteiger partial charge in [-0.2, -0.15) is 0 Å². The van der Waals surface area contributed by atoms with Gasteiger partial charge in [-0.15, -0.1) is 0 Å². The molecule has 84 valence electrons. The highest BCUT2D eigenvalue weighted by Gasteiger charge is 2.21. The second kappa shape index (κ2) is 3.80. The highest BCUT2D eigenvalue weighted by molar-refractivity contribution is 8.31. The largest absolute Gasteiger partial charge is 0.247 e. The van der Waals surface area contributed by atoms with Crippen LogP contribution in [0.2, 0.25) is 0 Å². The van der Waals surface area contributed by atoms with E-state index in [2.05, 4.69) is 11.2 Å². The summed E-state index contributed by atoms with van der Waals surface area (Å²) < 4.78 is 34.0. The van der Waals surface area contributed by atoms with Gasteiger partial charge in [-0.3, -0.25) is 0 Å². The predicted molar refractivity (Wildman–Crippen MR) is 60.5 cm³/mol. The van der Waals surface area contributed by atoms with Crippen LogP contribution in [0.25, 0.3) is 0 Å². The van der Waals surface area contributed by atoms with E-state index in [0.717, 1.165) is 0 Å². The smallest absolute Gasteiger partial charge is 0.239 e. The number of nitrogens with two attached hydrogens (primary N) is 2. The van der Waals surface area contributed by atoms with Crippen molar-refractivity contribution >= 4 is 29.9 Å². The van der Waals surface area contributed by atoms with E-state index in [0.29, 0.717) is 5.56 Å². The van der Waals surface area contributed by atoms with Gasteiger partial charge in [0.05, 0.1) is 4.90 Å². The molecule has 1 rings (SSSR count). The van der Waals surface area contributed by atoms with E-state index in [4.69, 9.17) is 10.3 Å². The number of rotatable bonds is 2. The van der Waals surface area contributed by atoms with Crippen LogP contribution in [0.1, 0.15) is 5.56 Å². The Balaban J connectivity index is 3.79. The third-order valence-corrected chi connectivity index (χ3v) is 4.50. The Labute approximate surface area is 93.3 Å². The summed E-state index contributed by atoms with van der Waals surface area (Å²) in [7, 11) is -7.24. The average molecular weight is 266 g/mol. The van der Waals surface area contributed by atoms with Crippen LogP contribution in [0.3, 0.4) is 0 Å². The van der Waals surface area contributed by atoms with Crippen LogP contribution in [0, 0.1) is 6.92 Å². The molecular formula is C7H10N2O3S3. The standard InChI is InChI=1S/C7H10N2O3S3/c1-5-3-2-4-6(15(9,12)13)7(5)14(8,10)11/h2-4H,1H3,(H2,8,10,11)(H2,9,12,13). The van der Waals surface area contributed by atoms with E-state index in [1.807, 2.05) is 0 Å². The molecule has 0 heterocycles. The maximum atomic E-state index is 11.5. The Morgan fingerprint density at radius 2 is 1.73 bits per heavy atom. The first-order valence-electron chi connectivity index (χ1n) is 3.79. The molecule has 1 atom stereocenters. The summed E-state index contributed by atoms with van der Waals surface area (Å²) in [5.41, 5.74) is 0.373. The second-order valence-corrected chi connectivity index (χ2v) is 7.51. The van der Waals surface area contributed by atoms with Crippen molar-refractivity contribution in [1.82, 2.24) is 0 Å². The highest BCUT2D eigenvalue weighted by atomic mass is 32.8. The Kier molecular flexibility index (Phi) is 3.17. The third-order valence-electron chi connectivity index (χ3n) is 1.77. The van der Waals surface area contributed by atoms with Crippen molar-refractivity contribution in [2.75, 3.05) is 0 Å². The molecule has 0 aromatic heterocycles. The fraction of sp³-hybridized carbons (Fsp3) is 0.143. The summed E-state index contributed by atoms with van der Waals surface area (Å²) in [6.07, 6.45) is 0. The van der Waals surface area contributed by atoms with E-state index in [1.165, 1.54) is 25.1 Å². The zero-order valence-corrected chi connectivity index (χ0v) is 10.3. The molecule has 1 aromatic rings. The van der Waals surface area contributed by atoms with E-state index in [-0.39, 0.29) is 9.79 Å². The molecule has 0 aliphatic carbocycles. The lowest BCUT2D eigenvalue weighted by Crippen LogP contribution is -2.21. The van der Waals surface area contributed by atoms with Crippen LogP contribution in [0.5, 0.6) is 0 Å². The molecule has 0 radical (unpaired) electrons. The Morgan fingerprint density at radius 1 is 1.20 bits per heavy atom. The van der Waals surface area contributed by atoms with Crippen LogP contribution in [-0.2, 0) is 29.9 Å². The normalized spacial score (nSPS) is 15.9. The van der Waals surface area contributed by atoms with Gasteiger partial charge < -0.3 is 0 Å². The first kappa shape index (κ1) is 12.5. The summed E-state index contributed by atoms with van der Waals surface area (Å²) in [6.45, 7) is 1.53. The van der Waals surface area contributed by atoms with Crippen molar-refractivity contribution in [2.24, 2.45) is 10.3 Å². The second-order valence-electron chi connectivity index (χ2n) is 2.99. The van der Waals surface area contributed by atoms with Crippen LogP contribution < -0.4 is 10.3 Å². The SMILES string of the molecule is Cc1cccc(S(N)(=O)=S)c1S(N)(=O)=O. The number of benzene rings is 1. The molecule has 0 spiro atoms. The molecule has 0 aliphatic rings. The predicted octanol–water partition coefficient (Wildman–Crippen LogP) is -0.379. The lowest BCUT2D eigenvalue weighted by Gasteiger charge is -2.09. The molecule has 0 fully saturated rings. The van der Waals surface area contributed by atoms with E-state index >= 15 is 0 Å². The lowest BCUT2D eigenvalue weighted by atomic mass is 10.2. The van der Waals surface area contributed by atoms with Crippen LogP contribution >= 0.6 is 0 Å². The monoisotopic (exact) mass is 266 g/mol. The molecule has 0 aliphatic heterocycles. The van der Waals surface area contributed by atoms with Crippen molar-refractivity contribution in [3.8, 4) is 0 Å². The molecule has 0 amide bonds. The fourth-order valence-corrected chi connectivity index (χ4v) is 4.06. The zero-order valence-electron chi connectivity index (χ0n) is 7.84.